The van der Waals surface area contributed by atoms with E-state index >= 15 is 0 Å². The highest BCUT2D eigenvalue weighted by molar-refractivity contribution is 4.81. The molecule has 1 saturated carbocycles. The van der Waals surface area contributed by atoms with Crippen molar-refractivity contribution < 1.29 is 4.74 Å². The largest absolute Gasteiger partial charge is 0.383 e. The molecule has 0 radical (unpaired) electrons. The first-order chi connectivity index (χ1) is 8.13. The molecule has 0 aliphatic heterocycles. The predicted octanol–water partition coefficient (Wildman–Crippen LogP) is 1.98. The van der Waals surface area contributed by atoms with Crippen LogP contribution in [-0.2, 0) is 4.74 Å². The summed E-state index contributed by atoms with van der Waals surface area (Å²) in [7, 11) is 3.92. The molecule has 3 heteroatoms. The summed E-state index contributed by atoms with van der Waals surface area (Å²) in [5.74, 6) is 1.76. The lowest BCUT2D eigenvalue weighted by Gasteiger charge is -2.33. The molecular weight excluding hydrogens is 212 g/mol. The Hall–Kier alpha value is -0.120. The van der Waals surface area contributed by atoms with E-state index < -0.39 is 0 Å². The molecule has 3 atom stereocenters. The molecule has 1 aliphatic carbocycles. The minimum Gasteiger partial charge on any atom is -0.383 e. The number of rotatable bonds is 7. The van der Waals surface area contributed by atoms with E-state index in [1.807, 2.05) is 0 Å². The fourth-order valence-corrected chi connectivity index (χ4v) is 2.77. The van der Waals surface area contributed by atoms with E-state index in [4.69, 9.17) is 4.74 Å². The topological polar surface area (TPSA) is 24.5 Å². The Morgan fingerprint density at radius 1 is 1.24 bits per heavy atom. The minimum absolute atomic E-state index is 0.738. The summed E-state index contributed by atoms with van der Waals surface area (Å²) in [6.45, 7) is 8.84. The summed E-state index contributed by atoms with van der Waals surface area (Å²) in [4.78, 5) is 2.33. The van der Waals surface area contributed by atoms with Crippen LogP contribution in [0.2, 0.25) is 0 Å². The van der Waals surface area contributed by atoms with Crippen molar-refractivity contribution in [1.82, 2.24) is 10.2 Å². The highest BCUT2D eigenvalue weighted by atomic mass is 16.5. The molecule has 1 aliphatic rings. The molecule has 0 saturated heterocycles. The third-order valence-corrected chi connectivity index (χ3v) is 4.01. The van der Waals surface area contributed by atoms with Gasteiger partial charge in [0.25, 0.3) is 0 Å². The maximum atomic E-state index is 5.08. The zero-order valence-corrected chi connectivity index (χ0v) is 12.0. The Bertz CT molecular complexity index is 199. The molecule has 0 aromatic heterocycles. The lowest BCUT2D eigenvalue weighted by atomic mass is 9.80. The maximum absolute atomic E-state index is 5.08. The SMILES string of the molecule is COCCN(C)CCNC1CCC(C)CC1C. The summed E-state index contributed by atoms with van der Waals surface area (Å²) in [5.41, 5.74) is 0. The number of methoxy groups -OCH3 is 1. The van der Waals surface area contributed by atoms with Crippen molar-refractivity contribution in [3.05, 3.63) is 0 Å². The molecule has 1 fully saturated rings. The first-order valence-electron chi connectivity index (χ1n) is 7.04. The van der Waals surface area contributed by atoms with Crippen molar-refractivity contribution in [2.75, 3.05) is 40.4 Å². The number of hydrogen-bond acceptors (Lipinski definition) is 3. The first kappa shape index (κ1) is 14.9. The van der Waals surface area contributed by atoms with Gasteiger partial charge >= 0.3 is 0 Å². The standard InChI is InChI=1S/C14H30N2O/c1-12-5-6-14(13(2)11-12)15-7-8-16(3)9-10-17-4/h12-15H,5-11H2,1-4H3. The highest BCUT2D eigenvalue weighted by Crippen LogP contribution is 2.28. The van der Waals surface area contributed by atoms with Crippen LogP contribution in [-0.4, -0.2) is 51.3 Å². The summed E-state index contributed by atoms with van der Waals surface area (Å²) >= 11 is 0. The number of nitrogens with one attached hydrogen (secondary N) is 1. The Balaban J connectivity index is 2.09. The first-order valence-corrected chi connectivity index (χ1v) is 7.04. The van der Waals surface area contributed by atoms with Gasteiger partial charge in [0, 0.05) is 32.8 Å². The molecule has 17 heavy (non-hydrogen) atoms. The van der Waals surface area contributed by atoms with Gasteiger partial charge < -0.3 is 15.0 Å². The van der Waals surface area contributed by atoms with E-state index in [0.717, 1.165) is 44.1 Å². The molecule has 0 amide bonds. The molecule has 1 rings (SSSR count). The van der Waals surface area contributed by atoms with Crippen molar-refractivity contribution in [3.8, 4) is 0 Å². The van der Waals surface area contributed by atoms with Crippen LogP contribution in [0.5, 0.6) is 0 Å². The number of nitrogens with zero attached hydrogens (tertiary/aromatic N) is 1. The van der Waals surface area contributed by atoms with E-state index in [1.54, 1.807) is 7.11 Å². The van der Waals surface area contributed by atoms with Crippen molar-refractivity contribution >= 4 is 0 Å². The predicted molar refractivity (Wildman–Crippen MR) is 73.3 cm³/mol. The monoisotopic (exact) mass is 242 g/mol. The summed E-state index contributed by atoms with van der Waals surface area (Å²) < 4.78 is 5.08. The van der Waals surface area contributed by atoms with Crippen molar-refractivity contribution in [3.63, 3.8) is 0 Å². The van der Waals surface area contributed by atoms with Crippen LogP contribution in [0.15, 0.2) is 0 Å². The minimum atomic E-state index is 0.738. The van der Waals surface area contributed by atoms with Crippen LogP contribution in [0.25, 0.3) is 0 Å². The van der Waals surface area contributed by atoms with Gasteiger partial charge in [0.15, 0.2) is 0 Å². The third kappa shape index (κ3) is 5.84. The van der Waals surface area contributed by atoms with Crippen LogP contribution in [0.3, 0.4) is 0 Å². The smallest absolute Gasteiger partial charge is 0.0589 e. The second kappa shape index (κ2) is 8.06. The molecule has 0 aromatic rings. The lowest BCUT2D eigenvalue weighted by molar-refractivity contribution is 0.158. The van der Waals surface area contributed by atoms with Gasteiger partial charge in [-0.2, -0.15) is 0 Å². The molecule has 0 bridgehead atoms. The lowest BCUT2D eigenvalue weighted by Crippen LogP contribution is -2.42. The quantitative estimate of drug-likeness (QED) is 0.739. The molecule has 0 spiro atoms. The molecule has 3 unspecified atom stereocenters. The van der Waals surface area contributed by atoms with Gasteiger partial charge in [-0.05, 0) is 38.1 Å². The Morgan fingerprint density at radius 2 is 2.00 bits per heavy atom. The molecule has 102 valence electrons. The average Bonchev–Trinajstić information content (AvgIpc) is 2.29. The fraction of sp³-hybridized carbons (Fsp3) is 1.00. The number of ether oxygens (including phenoxy) is 1. The van der Waals surface area contributed by atoms with Gasteiger partial charge in [-0.15, -0.1) is 0 Å². The fourth-order valence-electron chi connectivity index (χ4n) is 2.77. The van der Waals surface area contributed by atoms with Gasteiger partial charge in [-0.25, -0.2) is 0 Å². The van der Waals surface area contributed by atoms with Crippen LogP contribution in [0.4, 0.5) is 0 Å². The maximum Gasteiger partial charge on any atom is 0.0589 e. The highest BCUT2D eigenvalue weighted by Gasteiger charge is 2.24. The summed E-state index contributed by atoms with van der Waals surface area (Å²) in [6.07, 6.45) is 4.13. The normalized spacial score (nSPS) is 29.8. The van der Waals surface area contributed by atoms with E-state index in [2.05, 4.69) is 31.1 Å². The molecular formula is C14H30N2O. The van der Waals surface area contributed by atoms with E-state index in [0.29, 0.717) is 0 Å². The van der Waals surface area contributed by atoms with Gasteiger partial charge in [0.1, 0.15) is 0 Å². The van der Waals surface area contributed by atoms with Crippen LogP contribution in [0.1, 0.15) is 33.1 Å². The van der Waals surface area contributed by atoms with E-state index in [9.17, 15) is 0 Å². The van der Waals surface area contributed by atoms with Gasteiger partial charge in [-0.3, -0.25) is 0 Å². The van der Waals surface area contributed by atoms with Gasteiger partial charge in [-0.1, -0.05) is 13.8 Å². The van der Waals surface area contributed by atoms with Crippen molar-refractivity contribution in [1.29, 1.82) is 0 Å². The zero-order valence-electron chi connectivity index (χ0n) is 12.0. The van der Waals surface area contributed by atoms with Crippen LogP contribution < -0.4 is 5.32 Å². The second-order valence-electron chi connectivity index (χ2n) is 5.75. The summed E-state index contributed by atoms with van der Waals surface area (Å²) in [5, 5.41) is 3.72. The van der Waals surface area contributed by atoms with Gasteiger partial charge in [0.2, 0.25) is 0 Å². The number of hydrogen-bond donors (Lipinski definition) is 1. The van der Waals surface area contributed by atoms with E-state index in [-0.39, 0.29) is 0 Å². The molecule has 0 heterocycles. The van der Waals surface area contributed by atoms with Gasteiger partial charge in [0.05, 0.1) is 6.61 Å². The molecule has 1 N–H and O–H groups in total. The average molecular weight is 242 g/mol. The Kier molecular flexibility index (Phi) is 7.09. The summed E-state index contributed by atoms with van der Waals surface area (Å²) in [6, 6.07) is 0.738. The molecule has 0 aromatic carbocycles. The Morgan fingerprint density at radius 3 is 2.65 bits per heavy atom. The van der Waals surface area contributed by atoms with Crippen molar-refractivity contribution in [2.45, 2.75) is 39.2 Å². The zero-order chi connectivity index (χ0) is 12.7. The van der Waals surface area contributed by atoms with Crippen molar-refractivity contribution in [2.24, 2.45) is 11.8 Å². The third-order valence-electron chi connectivity index (χ3n) is 4.01. The van der Waals surface area contributed by atoms with E-state index in [1.165, 1.54) is 19.3 Å². The number of likely N-dealkylation sites (N-methyl/N-ethyl adjacent to an activating group) is 1. The molecule has 3 nitrogen and oxygen atoms in total. The Labute approximate surface area is 107 Å². The van der Waals surface area contributed by atoms with Crippen LogP contribution in [0, 0.1) is 11.8 Å². The van der Waals surface area contributed by atoms with Crippen LogP contribution >= 0.6 is 0 Å². The second-order valence-corrected chi connectivity index (χ2v) is 5.75.